The fourth-order valence-electron chi connectivity index (χ4n) is 2.33. The quantitative estimate of drug-likeness (QED) is 0.831. The number of carbonyl (C=O) groups is 1. The summed E-state index contributed by atoms with van der Waals surface area (Å²) in [4.78, 5) is 12.8. The van der Waals surface area contributed by atoms with Crippen LogP contribution >= 0.6 is 0 Å². The van der Waals surface area contributed by atoms with Gasteiger partial charge in [-0.3, -0.25) is 9.69 Å². The van der Waals surface area contributed by atoms with Gasteiger partial charge in [-0.1, -0.05) is 12.8 Å². The number of aliphatic carboxylic acids is 1. The van der Waals surface area contributed by atoms with Crippen LogP contribution in [0.1, 0.15) is 37.5 Å². The van der Waals surface area contributed by atoms with Gasteiger partial charge in [-0.05, 0) is 12.8 Å². The second kappa shape index (κ2) is 5.27. The molecule has 1 N–H and O–H groups in total. The van der Waals surface area contributed by atoms with Gasteiger partial charge < -0.3 is 9.52 Å². The van der Waals surface area contributed by atoms with Crippen LogP contribution in [0.3, 0.4) is 0 Å². The Labute approximate surface area is 99.6 Å². The maximum Gasteiger partial charge on any atom is 0.317 e. The normalized spacial score (nSPS) is 16.8. The molecule has 0 unspecified atom stereocenters. The number of hydrogen-bond acceptors (Lipinski definition) is 5. The predicted octanol–water partition coefficient (Wildman–Crippen LogP) is 1.21. The second-order valence-corrected chi connectivity index (χ2v) is 4.45. The first-order valence-electron chi connectivity index (χ1n) is 5.90. The lowest BCUT2D eigenvalue weighted by molar-refractivity contribution is -0.139. The fraction of sp³-hybridized carbons (Fsp3) is 0.727. The van der Waals surface area contributed by atoms with E-state index in [-0.39, 0.29) is 6.54 Å². The number of nitrogens with zero attached hydrogens (tertiary/aromatic N) is 3. The molecule has 2 rings (SSSR count). The maximum atomic E-state index is 10.9. The Kier molecular flexibility index (Phi) is 3.73. The Balaban J connectivity index is 2.01. The minimum atomic E-state index is -0.812. The van der Waals surface area contributed by atoms with Gasteiger partial charge in [0.2, 0.25) is 11.8 Å². The largest absolute Gasteiger partial charge is 0.480 e. The second-order valence-electron chi connectivity index (χ2n) is 4.45. The fourth-order valence-corrected chi connectivity index (χ4v) is 2.33. The van der Waals surface area contributed by atoms with Crippen LogP contribution in [0.4, 0.5) is 0 Å². The summed E-state index contributed by atoms with van der Waals surface area (Å²) in [6, 6.07) is 0.332. The van der Waals surface area contributed by atoms with Gasteiger partial charge in [-0.15, -0.1) is 10.2 Å². The van der Waals surface area contributed by atoms with Gasteiger partial charge in [-0.25, -0.2) is 0 Å². The average Bonchev–Trinajstić information content (AvgIpc) is 2.87. The van der Waals surface area contributed by atoms with E-state index in [1.165, 1.54) is 12.8 Å². The Hall–Kier alpha value is -1.43. The molecule has 6 nitrogen and oxygen atoms in total. The van der Waals surface area contributed by atoms with E-state index in [1.807, 2.05) is 4.90 Å². The molecule has 0 aromatic carbocycles. The number of rotatable bonds is 5. The molecule has 1 aliphatic rings. The van der Waals surface area contributed by atoms with Crippen molar-refractivity contribution in [3.8, 4) is 0 Å². The summed E-state index contributed by atoms with van der Waals surface area (Å²) < 4.78 is 5.30. The molecule has 1 aromatic heterocycles. The lowest BCUT2D eigenvalue weighted by atomic mass is 10.2. The van der Waals surface area contributed by atoms with E-state index in [2.05, 4.69) is 10.2 Å². The minimum absolute atomic E-state index is 0.0338. The van der Waals surface area contributed by atoms with Crippen molar-refractivity contribution in [3.63, 3.8) is 0 Å². The molecule has 1 fully saturated rings. The van der Waals surface area contributed by atoms with Crippen molar-refractivity contribution in [2.24, 2.45) is 0 Å². The highest BCUT2D eigenvalue weighted by Gasteiger charge is 2.25. The van der Waals surface area contributed by atoms with Gasteiger partial charge >= 0.3 is 5.97 Å². The van der Waals surface area contributed by atoms with Crippen LogP contribution < -0.4 is 0 Å². The zero-order chi connectivity index (χ0) is 12.3. The molecular weight excluding hydrogens is 222 g/mol. The smallest absolute Gasteiger partial charge is 0.317 e. The molecular formula is C11H17N3O3. The third-order valence-electron chi connectivity index (χ3n) is 3.09. The zero-order valence-corrected chi connectivity index (χ0v) is 9.93. The lowest BCUT2D eigenvalue weighted by Gasteiger charge is -2.25. The zero-order valence-electron chi connectivity index (χ0n) is 9.93. The van der Waals surface area contributed by atoms with Crippen LogP contribution in [0.25, 0.3) is 0 Å². The Bertz CT molecular complexity index is 385. The van der Waals surface area contributed by atoms with E-state index >= 15 is 0 Å². The van der Waals surface area contributed by atoms with Gasteiger partial charge in [0.25, 0.3) is 0 Å². The molecule has 6 heteroatoms. The minimum Gasteiger partial charge on any atom is -0.480 e. The Morgan fingerprint density at radius 1 is 1.47 bits per heavy atom. The molecule has 0 saturated heterocycles. The summed E-state index contributed by atoms with van der Waals surface area (Å²) in [7, 11) is 0. The van der Waals surface area contributed by atoms with Crippen LogP contribution in [-0.4, -0.2) is 38.8 Å². The van der Waals surface area contributed by atoms with Crippen LogP contribution in [0.2, 0.25) is 0 Å². The monoisotopic (exact) mass is 239 g/mol. The van der Waals surface area contributed by atoms with Crippen molar-refractivity contribution in [1.29, 1.82) is 0 Å². The number of aryl methyl sites for hydroxylation is 1. The molecule has 1 aliphatic carbocycles. The highest BCUT2D eigenvalue weighted by atomic mass is 16.4. The highest BCUT2D eigenvalue weighted by molar-refractivity contribution is 5.69. The first kappa shape index (κ1) is 12.0. The van der Waals surface area contributed by atoms with E-state index in [1.54, 1.807) is 6.92 Å². The van der Waals surface area contributed by atoms with Gasteiger partial charge in [0.1, 0.15) is 0 Å². The molecule has 0 radical (unpaired) electrons. The van der Waals surface area contributed by atoms with E-state index in [0.29, 0.717) is 24.4 Å². The Morgan fingerprint density at radius 3 is 2.71 bits per heavy atom. The number of carboxylic acids is 1. The van der Waals surface area contributed by atoms with E-state index in [0.717, 1.165) is 12.8 Å². The summed E-state index contributed by atoms with van der Waals surface area (Å²) in [5.41, 5.74) is 0. The van der Waals surface area contributed by atoms with Crippen molar-refractivity contribution in [3.05, 3.63) is 11.8 Å². The molecule has 0 amide bonds. The van der Waals surface area contributed by atoms with Gasteiger partial charge in [0.15, 0.2) is 0 Å². The van der Waals surface area contributed by atoms with Crippen LogP contribution in [0, 0.1) is 6.92 Å². The SMILES string of the molecule is Cc1nnc(CN(CC(=O)O)C2CCCC2)o1. The molecule has 1 saturated carbocycles. The molecule has 0 bridgehead atoms. The highest BCUT2D eigenvalue weighted by Crippen LogP contribution is 2.24. The van der Waals surface area contributed by atoms with Crippen LogP contribution in [-0.2, 0) is 11.3 Å². The molecule has 1 heterocycles. The summed E-state index contributed by atoms with van der Waals surface area (Å²) in [5, 5.41) is 16.6. The van der Waals surface area contributed by atoms with Gasteiger partial charge in [-0.2, -0.15) is 0 Å². The van der Waals surface area contributed by atoms with E-state index in [4.69, 9.17) is 9.52 Å². The van der Waals surface area contributed by atoms with Gasteiger partial charge in [0.05, 0.1) is 13.1 Å². The van der Waals surface area contributed by atoms with Crippen LogP contribution in [0.5, 0.6) is 0 Å². The van der Waals surface area contributed by atoms with Crippen molar-refractivity contribution < 1.29 is 14.3 Å². The van der Waals surface area contributed by atoms with E-state index < -0.39 is 5.97 Å². The molecule has 0 spiro atoms. The van der Waals surface area contributed by atoms with Crippen molar-refractivity contribution in [2.45, 2.75) is 45.2 Å². The first-order chi connectivity index (χ1) is 8.15. The third-order valence-corrected chi connectivity index (χ3v) is 3.09. The summed E-state index contributed by atoms with van der Waals surface area (Å²) in [5.74, 6) is 0.200. The van der Waals surface area contributed by atoms with Crippen molar-refractivity contribution in [1.82, 2.24) is 15.1 Å². The molecule has 0 atom stereocenters. The molecule has 0 aliphatic heterocycles. The average molecular weight is 239 g/mol. The van der Waals surface area contributed by atoms with E-state index in [9.17, 15) is 4.79 Å². The third kappa shape index (κ3) is 3.26. The maximum absolute atomic E-state index is 10.9. The van der Waals surface area contributed by atoms with Crippen LogP contribution in [0.15, 0.2) is 4.42 Å². The summed E-state index contributed by atoms with van der Waals surface area (Å²) in [6.45, 7) is 2.19. The van der Waals surface area contributed by atoms with Crippen molar-refractivity contribution in [2.75, 3.05) is 6.54 Å². The topological polar surface area (TPSA) is 79.5 Å². The standard InChI is InChI=1S/C11H17N3O3/c1-8-12-13-10(17-8)6-14(7-11(15)16)9-4-2-3-5-9/h9H,2-7H2,1H3,(H,15,16). The molecule has 1 aromatic rings. The number of aromatic nitrogens is 2. The molecule has 17 heavy (non-hydrogen) atoms. The predicted molar refractivity (Wildman–Crippen MR) is 59.3 cm³/mol. The number of carboxylic acid groups (broad SMARTS) is 1. The molecule has 94 valence electrons. The number of hydrogen-bond donors (Lipinski definition) is 1. The van der Waals surface area contributed by atoms with Crippen molar-refractivity contribution >= 4 is 5.97 Å². The van der Waals surface area contributed by atoms with Gasteiger partial charge in [0, 0.05) is 13.0 Å². The summed E-state index contributed by atoms with van der Waals surface area (Å²) >= 11 is 0. The Morgan fingerprint density at radius 2 is 2.18 bits per heavy atom. The lowest BCUT2D eigenvalue weighted by Crippen LogP contribution is -2.37. The summed E-state index contributed by atoms with van der Waals surface area (Å²) in [6.07, 6.45) is 4.45. The first-order valence-corrected chi connectivity index (χ1v) is 5.90.